The predicted octanol–water partition coefficient (Wildman–Crippen LogP) is 3.52. The first-order valence-electron chi connectivity index (χ1n) is 7.48. The van der Waals surface area contributed by atoms with Crippen LogP contribution < -0.4 is 5.32 Å². The molecule has 1 N–H and O–H groups in total. The zero-order valence-corrected chi connectivity index (χ0v) is 12.8. The molecule has 0 atom stereocenters. The van der Waals surface area contributed by atoms with Crippen molar-refractivity contribution in [2.45, 2.75) is 26.3 Å². The lowest BCUT2D eigenvalue weighted by Crippen LogP contribution is -2.23. The molecule has 0 unspecified atom stereocenters. The average Bonchev–Trinajstić information content (AvgIpc) is 2.91. The molecule has 0 fully saturated rings. The monoisotopic (exact) mass is 312 g/mol. The predicted molar refractivity (Wildman–Crippen MR) is 85.3 cm³/mol. The van der Waals surface area contributed by atoms with Gasteiger partial charge in [0.25, 0.3) is 0 Å². The van der Waals surface area contributed by atoms with E-state index in [0.717, 1.165) is 16.7 Å². The summed E-state index contributed by atoms with van der Waals surface area (Å²) >= 11 is 0. The number of halogens is 1. The Labute approximate surface area is 133 Å². The molecule has 0 saturated heterocycles. The summed E-state index contributed by atoms with van der Waals surface area (Å²) in [5.41, 5.74) is 3.05. The van der Waals surface area contributed by atoms with Gasteiger partial charge < -0.3 is 9.73 Å². The van der Waals surface area contributed by atoms with Crippen molar-refractivity contribution in [1.29, 1.82) is 0 Å². The SMILES string of the molecule is Cc1nc2cc(CCC(=O)NCc3ccccc3F)ccc2o1. The van der Waals surface area contributed by atoms with E-state index in [-0.39, 0.29) is 18.3 Å². The summed E-state index contributed by atoms with van der Waals surface area (Å²) in [7, 11) is 0. The van der Waals surface area contributed by atoms with Crippen LogP contribution in [-0.4, -0.2) is 10.9 Å². The number of amides is 1. The number of aromatic nitrogens is 1. The quantitative estimate of drug-likeness (QED) is 0.784. The van der Waals surface area contributed by atoms with Crippen LogP contribution in [0.15, 0.2) is 46.9 Å². The van der Waals surface area contributed by atoms with E-state index in [4.69, 9.17) is 4.42 Å². The van der Waals surface area contributed by atoms with Gasteiger partial charge in [-0.15, -0.1) is 0 Å². The van der Waals surface area contributed by atoms with Crippen LogP contribution in [-0.2, 0) is 17.8 Å². The zero-order valence-electron chi connectivity index (χ0n) is 12.8. The van der Waals surface area contributed by atoms with Gasteiger partial charge in [0.1, 0.15) is 11.3 Å². The lowest BCUT2D eigenvalue weighted by molar-refractivity contribution is -0.121. The second-order valence-electron chi connectivity index (χ2n) is 5.40. The van der Waals surface area contributed by atoms with Crippen molar-refractivity contribution in [2.24, 2.45) is 0 Å². The third kappa shape index (κ3) is 3.74. The van der Waals surface area contributed by atoms with Crippen LogP contribution in [0.5, 0.6) is 0 Å². The van der Waals surface area contributed by atoms with E-state index in [2.05, 4.69) is 10.3 Å². The van der Waals surface area contributed by atoms with Crippen molar-refractivity contribution in [2.75, 3.05) is 0 Å². The van der Waals surface area contributed by atoms with Gasteiger partial charge >= 0.3 is 0 Å². The van der Waals surface area contributed by atoms with Gasteiger partial charge in [-0.1, -0.05) is 24.3 Å². The number of nitrogens with one attached hydrogen (secondary N) is 1. The molecule has 1 heterocycles. The average molecular weight is 312 g/mol. The largest absolute Gasteiger partial charge is 0.441 e. The van der Waals surface area contributed by atoms with Crippen molar-refractivity contribution >= 4 is 17.0 Å². The molecule has 0 radical (unpaired) electrons. The highest BCUT2D eigenvalue weighted by Gasteiger charge is 2.07. The van der Waals surface area contributed by atoms with Gasteiger partial charge in [-0.2, -0.15) is 0 Å². The van der Waals surface area contributed by atoms with E-state index in [1.165, 1.54) is 6.07 Å². The summed E-state index contributed by atoms with van der Waals surface area (Å²) in [4.78, 5) is 16.2. The molecule has 0 aliphatic carbocycles. The maximum atomic E-state index is 13.5. The Morgan fingerprint density at radius 1 is 1.26 bits per heavy atom. The molecular weight excluding hydrogens is 295 g/mol. The summed E-state index contributed by atoms with van der Waals surface area (Å²) in [5, 5.41) is 2.74. The van der Waals surface area contributed by atoms with Crippen molar-refractivity contribution < 1.29 is 13.6 Å². The van der Waals surface area contributed by atoms with E-state index in [9.17, 15) is 9.18 Å². The van der Waals surface area contributed by atoms with Crippen LogP contribution >= 0.6 is 0 Å². The lowest BCUT2D eigenvalue weighted by atomic mass is 10.1. The third-order valence-corrected chi connectivity index (χ3v) is 3.63. The minimum absolute atomic E-state index is 0.107. The summed E-state index contributed by atoms with van der Waals surface area (Å²) in [6.07, 6.45) is 0.946. The molecule has 1 amide bonds. The van der Waals surface area contributed by atoms with Gasteiger partial charge in [0, 0.05) is 25.5 Å². The number of aryl methyl sites for hydroxylation is 2. The molecule has 0 bridgehead atoms. The second kappa shape index (κ2) is 6.60. The van der Waals surface area contributed by atoms with Crippen LogP contribution in [0, 0.1) is 12.7 Å². The first-order valence-corrected chi connectivity index (χ1v) is 7.48. The van der Waals surface area contributed by atoms with Crippen LogP contribution in [0.2, 0.25) is 0 Å². The van der Waals surface area contributed by atoms with E-state index in [1.807, 2.05) is 18.2 Å². The molecule has 4 nitrogen and oxygen atoms in total. The minimum Gasteiger partial charge on any atom is -0.441 e. The number of benzene rings is 2. The van der Waals surface area contributed by atoms with Crippen LogP contribution in [0.3, 0.4) is 0 Å². The normalized spacial score (nSPS) is 10.9. The van der Waals surface area contributed by atoms with Gasteiger partial charge in [0.05, 0.1) is 0 Å². The number of hydrogen-bond acceptors (Lipinski definition) is 3. The number of oxazole rings is 1. The number of fused-ring (bicyclic) bond motifs is 1. The summed E-state index contributed by atoms with van der Waals surface area (Å²) in [6, 6.07) is 12.1. The fourth-order valence-corrected chi connectivity index (χ4v) is 2.43. The summed E-state index contributed by atoms with van der Waals surface area (Å²) in [6.45, 7) is 2.00. The third-order valence-electron chi connectivity index (χ3n) is 3.63. The summed E-state index contributed by atoms with van der Waals surface area (Å²) < 4.78 is 18.9. The maximum Gasteiger partial charge on any atom is 0.220 e. The Balaban J connectivity index is 1.54. The van der Waals surface area contributed by atoms with E-state index in [0.29, 0.717) is 24.3 Å². The van der Waals surface area contributed by atoms with E-state index in [1.54, 1.807) is 25.1 Å². The van der Waals surface area contributed by atoms with Gasteiger partial charge in [-0.25, -0.2) is 9.37 Å². The molecule has 23 heavy (non-hydrogen) atoms. The second-order valence-corrected chi connectivity index (χ2v) is 5.40. The van der Waals surface area contributed by atoms with Gasteiger partial charge in [-0.3, -0.25) is 4.79 Å². The van der Waals surface area contributed by atoms with Crippen molar-refractivity contribution in [3.63, 3.8) is 0 Å². The van der Waals surface area contributed by atoms with E-state index >= 15 is 0 Å². The Hall–Kier alpha value is -2.69. The van der Waals surface area contributed by atoms with Crippen LogP contribution in [0.25, 0.3) is 11.1 Å². The smallest absolute Gasteiger partial charge is 0.220 e. The minimum atomic E-state index is -0.306. The Kier molecular flexibility index (Phi) is 4.37. The van der Waals surface area contributed by atoms with E-state index < -0.39 is 0 Å². The highest BCUT2D eigenvalue weighted by atomic mass is 19.1. The number of carbonyl (C=O) groups is 1. The highest BCUT2D eigenvalue weighted by Crippen LogP contribution is 2.17. The zero-order chi connectivity index (χ0) is 16.2. The Morgan fingerprint density at radius 3 is 2.91 bits per heavy atom. The number of carbonyl (C=O) groups excluding carboxylic acids is 1. The molecule has 5 heteroatoms. The lowest BCUT2D eigenvalue weighted by Gasteiger charge is -2.06. The first-order chi connectivity index (χ1) is 11.1. The standard InChI is InChI=1S/C18H17FN2O2/c1-12-21-16-10-13(6-8-17(16)23-12)7-9-18(22)20-11-14-4-2-3-5-15(14)19/h2-6,8,10H,7,9,11H2,1H3,(H,20,22). The topological polar surface area (TPSA) is 55.1 Å². The molecule has 2 aromatic carbocycles. The molecule has 118 valence electrons. The first kappa shape index (κ1) is 15.2. The van der Waals surface area contributed by atoms with Gasteiger partial charge in [0.2, 0.25) is 5.91 Å². The molecule has 1 aromatic heterocycles. The summed E-state index contributed by atoms with van der Waals surface area (Å²) in [5.74, 6) is 0.212. The number of nitrogens with zero attached hydrogens (tertiary/aromatic N) is 1. The molecular formula is C18H17FN2O2. The van der Waals surface area contributed by atoms with Crippen LogP contribution in [0.1, 0.15) is 23.4 Å². The van der Waals surface area contributed by atoms with Crippen molar-refractivity contribution in [1.82, 2.24) is 10.3 Å². The molecule has 0 aliphatic heterocycles. The fraction of sp³-hybridized carbons (Fsp3) is 0.222. The molecule has 0 spiro atoms. The molecule has 0 saturated carbocycles. The van der Waals surface area contributed by atoms with Gasteiger partial charge in [-0.05, 0) is 30.2 Å². The molecule has 3 rings (SSSR count). The Bertz CT molecular complexity index is 842. The number of hydrogen-bond donors (Lipinski definition) is 1. The molecule has 3 aromatic rings. The van der Waals surface area contributed by atoms with Crippen molar-refractivity contribution in [3.05, 3.63) is 65.3 Å². The fourth-order valence-electron chi connectivity index (χ4n) is 2.43. The molecule has 0 aliphatic rings. The Morgan fingerprint density at radius 2 is 2.09 bits per heavy atom. The highest BCUT2D eigenvalue weighted by molar-refractivity contribution is 5.77. The van der Waals surface area contributed by atoms with Crippen molar-refractivity contribution in [3.8, 4) is 0 Å². The number of rotatable bonds is 5. The maximum absolute atomic E-state index is 13.5. The van der Waals surface area contributed by atoms with Gasteiger partial charge in [0.15, 0.2) is 11.5 Å². The van der Waals surface area contributed by atoms with Crippen LogP contribution in [0.4, 0.5) is 4.39 Å².